The van der Waals surface area contributed by atoms with E-state index in [0.29, 0.717) is 12.3 Å². The van der Waals surface area contributed by atoms with Crippen molar-refractivity contribution in [3.8, 4) is 5.75 Å². The van der Waals surface area contributed by atoms with Crippen molar-refractivity contribution in [2.75, 3.05) is 6.54 Å². The fourth-order valence-corrected chi connectivity index (χ4v) is 1.88. The van der Waals surface area contributed by atoms with Crippen molar-refractivity contribution in [3.63, 3.8) is 0 Å². The number of benzene rings is 1. The normalized spacial score (nSPS) is 11.9. The molecule has 0 aliphatic heterocycles. The SMILES string of the molecule is CCNC(=O)[C@H](C)NC(=O)Cc1ccccc1OC(C)C. The molecule has 0 heterocycles. The van der Waals surface area contributed by atoms with E-state index in [1.165, 1.54) is 0 Å². The fraction of sp³-hybridized carbons (Fsp3) is 0.500. The van der Waals surface area contributed by atoms with E-state index in [2.05, 4.69) is 10.6 Å². The number of ether oxygens (including phenoxy) is 1. The van der Waals surface area contributed by atoms with E-state index in [1.807, 2.05) is 45.0 Å². The monoisotopic (exact) mass is 292 g/mol. The number of para-hydroxylation sites is 1. The van der Waals surface area contributed by atoms with Crippen LogP contribution in [0.3, 0.4) is 0 Å². The maximum Gasteiger partial charge on any atom is 0.242 e. The van der Waals surface area contributed by atoms with Crippen molar-refractivity contribution in [2.24, 2.45) is 0 Å². The molecule has 5 nitrogen and oxygen atoms in total. The third-order valence-electron chi connectivity index (χ3n) is 2.81. The first kappa shape index (κ1) is 17.0. The lowest BCUT2D eigenvalue weighted by molar-refractivity contribution is -0.128. The summed E-state index contributed by atoms with van der Waals surface area (Å²) in [6.07, 6.45) is 0.232. The van der Waals surface area contributed by atoms with E-state index in [9.17, 15) is 9.59 Å². The second kappa shape index (κ2) is 8.29. The van der Waals surface area contributed by atoms with Gasteiger partial charge in [0.1, 0.15) is 11.8 Å². The molecule has 0 aromatic heterocycles. The molecule has 21 heavy (non-hydrogen) atoms. The molecule has 0 aliphatic rings. The van der Waals surface area contributed by atoms with Gasteiger partial charge in [-0.1, -0.05) is 18.2 Å². The van der Waals surface area contributed by atoms with E-state index in [0.717, 1.165) is 5.56 Å². The first-order valence-electron chi connectivity index (χ1n) is 7.25. The van der Waals surface area contributed by atoms with E-state index >= 15 is 0 Å². The molecule has 1 aromatic rings. The van der Waals surface area contributed by atoms with Gasteiger partial charge >= 0.3 is 0 Å². The number of rotatable bonds is 7. The second-order valence-corrected chi connectivity index (χ2v) is 5.13. The van der Waals surface area contributed by atoms with Crippen LogP contribution in [0.1, 0.15) is 33.3 Å². The molecule has 2 amide bonds. The molecule has 0 saturated heterocycles. The Labute approximate surface area is 126 Å². The zero-order valence-electron chi connectivity index (χ0n) is 13.1. The van der Waals surface area contributed by atoms with Crippen molar-refractivity contribution in [2.45, 2.75) is 46.3 Å². The Kier molecular flexibility index (Phi) is 6.72. The van der Waals surface area contributed by atoms with E-state index in [4.69, 9.17) is 4.74 Å². The lowest BCUT2D eigenvalue weighted by atomic mass is 10.1. The van der Waals surface area contributed by atoms with Gasteiger partial charge in [0.15, 0.2) is 0 Å². The minimum atomic E-state index is -0.546. The lowest BCUT2D eigenvalue weighted by Gasteiger charge is -2.16. The molecule has 1 rings (SSSR count). The highest BCUT2D eigenvalue weighted by Crippen LogP contribution is 2.19. The standard InChI is InChI=1S/C16H24N2O3/c1-5-17-16(20)12(4)18-15(19)10-13-8-6-7-9-14(13)21-11(2)3/h6-9,11-12H,5,10H2,1-4H3,(H,17,20)(H,18,19)/t12-/m0/s1. The summed E-state index contributed by atoms with van der Waals surface area (Å²) < 4.78 is 5.68. The number of hydrogen-bond donors (Lipinski definition) is 2. The molecule has 0 aliphatic carbocycles. The number of likely N-dealkylation sites (N-methyl/N-ethyl adjacent to an activating group) is 1. The smallest absolute Gasteiger partial charge is 0.242 e. The first-order valence-corrected chi connectivity index (χ1v) is 7.25. The van der Waals surface area contributed by atoms with Gasteiger partial charge in [0.05, 0.1) is 12.5 Å². The molecule has 1 aromatic carbocycles. The van der Waals surface area contributed by atoms with Crippen molar-refractivity contribution >= 4 is 11.8 Å². The molecule has 0 fully saturated rings. The van der Waals surface area contributed by atoms with Gasteiger partial charge in [0, 0.05) is 12.1 Å². The molecule has 0 saturated carbocycles. The Hall–Kier alpha value is -2.04. The highest BCUT2D eigenvalue weighted by molar-refractivity contribution is 5.88. The Bertz CT molecular complexity index is 486. The van der Waals surface area contributed by atoms with Crippen LogP contribution in [0.15, 0.2) is 24.3 Å². The van der Waals surface area contributed by atoms with Crippen LogP contribution in [-0.2, 0) is 16.0 Å². The van der Waals surface area contributed by atoms with Gasteiger partial charge in [-0.15, -0.1) is 0 Å². The Morgan fingerprint density at radius 1 is 1.19 bits per heavy atom. The van der Waals surface area contributed by atoms with Gasteiger partial charge in [-0.2, -0.15) is 0 Å². The number of carbonyl (C=O) groups is 2. The predicted molar refractivity (Wildman–Crippen MR) is 82.2 cm³/mol. The number of hydrogen-bond acceptors (Lipinski definition) is 3. The quantitative estimate of drug-likeness (QED) is 0.803. The molecule has 5 heteroatoms. The average molecular weight is 292 g/mol. The fourth-order valence-electron chi connectivity index (χ4n) is 1.88. The summed E-state index contributed by atoms with van der Waals surface area (Å²) >= 11 is 0. The summed E-state index contributed by atoms with van der Waals surface area (Å²) in [5.74, 6) is 0.319. The number of nitrogens with one attached hydrogen (secondary N) is 2. The van der Waals surface area contributed by atoms with Crippen LogP contribution in [0.4, 0.5) is 0 Å². The molecule has 1 atom stereocenters. The molecule has 0 bridgehead atoms. The van der Waals surface area contributed by atoms with Crippen LogP contribution in [0.2, 0.25) is 0 Å². The topological polar surface area (TPSA) is 67.4 Å². The van der Waals surface area contributed by atoms with Crippen molar-refractivity contribution < 1.29 is 14.3 Å². The van der Waals surface area contributed by atoms with E-state index in [1.54, 1.807) is 6.92 Å². The third kappa shape index (κ3) is 5.85. The van der Waals surface area contributed by atoms with Crippen molar-refractivity contribution in [3.05, 3.63) is 29.8 Å². The summed E-state index contributed by atoms with van der Waals surface area (Å²) in [6, 6.07) is 6.89. The zero-order valence-corrected chi connectivity index (χ0v) is 13.1. The van der Waals surface area contributed by atoms with E-state index in [-0.39, 0.29) is 24.3 Å². The summed E-state index contributed by atoms with van der Waals surface area (Å²) in [5, 5.41) is 5.36. The maximum absolute atomic E-state index is 12.0. The van der Waals surface area contributed by atoms with Crippen LogP contribution >= 0.6 is 0 Å². The van der Waals surface area contributed by atoms with Gasteiger partial charge in [0.2, 0.25) is 11.8 Å². The lowest BCUT2D eigenvalue weighted by Crippen LogP contribution is -2.45. The van der Waals surface area contributed by atoms with Crippen LogP contribution in [0.5, 0.6) is 5.75 Å². The maximum atomic E-state index is 12.0. The molecular formula is C16H24N2O3. The molecule has 0 spiro atoms. The molecule has 116 valence electrons. The Balaban J connectivity index is 2.64. The van der Waals surface area contributed by atoms with Crippen LogP contribution < -0.4 is 15.4 Å². The minimum Gasteiger partial charge on any atom is -0.491 e. The van der Waals surface area contributed by atoms with Gasteiger partial charge in [-0.05, 0) is 33.8 Å². The largest absolute Gasteiger partial charge is 0.491 e. The Morgan fingerprint density at radius 2 is 1.86 bits per heavy atom. The van der Waals surface area contributed by atoms with E-state index < -0.39 is 6.04 Å². The van der Waals surface area contributed by atoms with Crippen molar-refractivity contribution in [1.82, 2.24) is 10.6 Å². The van der Waals surface area contributed by atoms with Gasteiger partial charge in [-0.25, -0.2) is 0 Å². The van der Waals surface area contributed by atoms with Crippen LogP contribution in [0, 0.1) is 0 Å². The van der Waals surface area contributed by atoms with Gasteiger partial charge in [0.25, 0.3) is 0 Å². The van der Waals surface area contributed by atoms with Crippen LogP contribution in [-0.4, -0.2) is 30.5 Å². The summed E-state index contributed by atoms with van der Waals surface area (Å²) in [7, 11) is 0. The minimum absolute atomic E-state index is 0.0449. The number of carbonyl (C=O) groups excluding carboxylic acids is 2. The molecule has 0 unspecified atom stereocenters. The van der Waals surface area contributed by atoms with Gasteiger partial charge < -0.3 is 15.4 Å². The number of amides is 2. The molecule has 2 N–H and O–H groups in total. The van der Waals surface area contributed by atoms with Crippen molar-refractivity contribution in [1.29, 1.82) is 0 Å². The second-order valence-electron chi connectivity index (χ2n) is 5.13. The third-order valence-corrected chi connectivity index (χ3v) is 2.81. The average Bonchev–Trinajstić information content (AvgIpc) is 2.40. The summed E-state index contributed by atoms with van der Waals surface area (Å²) in [6.45, 7) is 7.93. The summed E-state index contributed by atoms with van der Waals surface area (Å²) in [5.41, 5.74) is 0.812. The van der Waals surface area contributed by atoms with Gasteiger partial charge in [-0.3, -0.25) is 9.59 Å². The summed E-state index contributed by atoms with van der Waals surface area (Å²) in [4.78, 5) is 23.6. The first-order chi connectivity index (χ1) is 9.93. The molecule has 0 radical (unpaired) electrons. The predicted octanol–water partition coefficient (Wildman–Crippen LogP) is 1.66. The highest BCUT2D eigenvalue weighted by Gasteiger charge is 2.16. The highest BCUT2D eigenvalue weighted by atomic mass is 16.5. The molecular weight excluding hydrogens is 268 g/mol. The Morgan fingerprint density at radius 3 is 2.48 bits per heavy atom. The zero-order chi connectivity index (χ0) is 15.8. The van der Waals surface area contributed by atoms with Crippen LogP contribution in [0.25, 0.3) is 0 Å².